The van der Waals surface area contributed by atoms with E-state index in [0.29, 0.717) is 5.56 Å². The van der Waals surface area contributed by atoms with Gasteiger partial charge in [0.15, 0.2) is 18.1 Å². The number of likely N-dealkylation sites (N-methyl/N-ethyl adjacent to an activating group) is 1. The highest BCUT2D eigenvalue weighted by atomic mass is 19.3. The predicted molar refractivity (Wildman–Crippen MR) is 111 cm³/mol. The van der Waals surface area contributed by atoms with Crippen molar-refractivity contribution in [2.45, 2.75) is 20.1 Å². The Labute approximate surface area is 187 Å². The van der Waals surface area contributed by atoms with Crippen LogP contribution in [-0.4, -0.2) is 55.7 Å². The second-order valence-corrected chi connectivity index (χ2v) is 6.56. The summed E-state index contributed by atoms with van der Waals surface area (Å²) >= 11 is 0. The van der Waals surface area contributed by atoms with E-state index in [-0.39, 0.29) is 30.4 Å². The number of alkyl halides is 2. The fourth-order valence-electron chi connectivity index (χ4n) is 2.75. The van der Waals surface area contributed by atoms with Gasteiger partial charge in [-0.25, -0.2) is 4.79 Å². The molecule has 0 aliphatic heterocycles. The van der Waals surface area contributed by atoms with Crippen LogP contribution in [0.25, 0.3) is 0 Å². The quantitative estimate of drug-likeness (QED) is 0.280. The van der Waals surface area contributed by atoms with E-state index in [9.17, 15) is 28.5 Å². The van der Waals surface area contributed by atoms with Gasteiger partial charge >= 0.3 is 12.6 Å². The lowest BCUT2D eigenvalue weighted by atomic mass is 10.1. The lowest BCUT2D eigenvalue weighted by Crippen LogP contribution is -2.30. The molecule has 0 heterocycles. The largest absolute Gasteiger partial charge is 0.493 e. The van der Waals surface area contributed by atoms with Crippen LogP contribution in [0.15, 0.2) is 36.4 Å². The standard InChI is InChI=1S/C21H22F2N2O8/c1-4-31-18-10-16(25(28)29)15(9-17(18)30-3)20(27)32-12-19(26)24(2)11-13-5-7-14(8-6-13)33-21(22)23/h5-10,21H,4,11-12H2,1-3H3. The molecule has 0 aromatic heterocycles. The number of ether oxygens (including phenoxy) is 4. The minimum atomic E-state index is -2.94. The monoisotopic (exact) mass is 468 g/mol. The number of benzene rings is 2. The molecule has 0 atom stereocenters. The molecule has 33 heavy (non-hydrogen) atoms. The van der Waals surface area contributed by atoms with E-state index < -0.39 is 41.3 Å². The number of carbonyl (C=O) groups excluding carboxylic acids is 2. The Kier molecular flexibility index (Phi) is 8.89. The van der Waals surface area contributed by atoms with Gasteiger partial charge in [0, 0.05) is 19.7 Å². The molecule has 0 unspecified atom stereocenters. The first-order chi connectivity index (χ1) is 15.7. The van der Waals surface area contributed by atoms with E-state index in [4.69, 9.17) is 14.2 Å². The predicted octanol–water partition coefficient (Wildman–Crippen LogP) is 3.42. The van der Waals surface area contributed by atoms with Crippen LogP contribution in [0.3, 0.4) is 0 Å². The van der Waals surface area contributed by atoms with Crippen molar-refractivity contribution in [3.05, 3.63) is 57.6 Å². The van der Waals surface area contributed by atoms with Gasteiger partial charge in [0.1, 0.15) is 11.3 Å². The molecule has 0 aliphatic rings. The zero-order valence-electron chi connectivity index (χ0n) is 18.1. The number of nitrogens with zero attached hydrogens (tertiary/aromatic N) is 2. The van der Waals surface area contributed by atoms with Crippen LogP contribution in [0.4, 0.5) is 14.5 Å². The van der Waals surface area contributed by atoms with Crippen molar-refractivity contribution in [2.75, 3.05) is 27.4 Å². The summed E-state index contributed by atoms with van der Waals surface area (Å²) in [6.07, 6.45) is 0. The van der Waals surface area contributed by atoms with Crippen LogP contribution in [0.2, 0.25) is 0 Å². The van der Waals surface area contributed by atoms with E-state index in [2.05, 4.69) is 4.74 Å². The summed E-state index contributed by atoms with van der Waals surface area (Å²) in [5.74, 6) is -1.51. The maximum Gasteiger partial charge on any atom is 0.387 e. The van der Waals surface area contributed by atoms with Crippen LogP contribution < -0.4 is 14.2 Å². The average Bonchev–Trinajstić information content (AvgIpc) is 2.77. The minimum absolute atomic E-state index is 0.0240. The topological polar surface area (TPSA) is 117 Å². The summed E-state index contributed by atoms with van der Waals surface area (Å²) in [7, 11) is 2.76. The third-order valence-electron chi connectivity index (χ3n) is 4.32. The van der Waals surface area contributed by atoms with Gasteiger partial charge in [-0.3, -0.25) is 14.9 Å². The smallest absolute Gasteiger partial charge is 0.387 e. The number of halogens is 2. The maximum absolute atomic E-state index is 12.4. The van der Waals surface area contributed by atoms with Gasteiger partial charge in [0.05, 0.1) is 24.7 Å². The molecule has 2 aromatic rings. The normalized spacial score (nSPS) is 10.5. The molecule has 0 fully saturated rings. The maximum atomic E-state index is 12.4. The lowest BCUT2D eigenvalue weighted by molar-refractivity contribution is -0.385. The van der Waals surface area contributed by atoms with E-state index >= 15 is 0 Å². The number of hydrogen-bond acceptors (Lipinski definition) is 8. The van der Waals surface area contributed by atoms with Gasteiger partial charge < -0.3 is 23.8 Å². The summed E-state index contributed by atoms with van der Waals surface area (Å²) in [5.41, 5.74) is -0.341. The number of methoxy groups -OCH3 is 1. The average molecular weight is 468 g/mol. The third kappa shape index (κ3) is 7.02. The van der Waals surface area contributed by atoms with Gasteiger partial charge in [-0.2, -0.15) is 8.78 Å². The van der Waals surface area contributed by atoms with Crippen molar-refractivity contribution in [1.29, 1.82) is 0 Å². The molecule has 2 rings (SSSR count). The zero-order chi connectivity index (χ0) is 24.5. The molecule has 0 bridgehead atoms. The van der Waals surface area contributed by atoms with Gasteiger partial charge in [0.25, 0.3) is 11.6 Å². The SMILES string of the molecule is CCOc1cc([N+](=O)[O-])c(C(=O)OCC(=O)N(C)Cc2ccc(OC(F)F)cc2)cc1OC. The molecule has 2 aromatic carbocycles. The fourth-order valence-corrected chi connectivity index (χ4v) is 2.75. The summed E-state index contributed by atoms with van der Waals surface area (Å²) in [6, 6.07) is 7.83. The third-order valence-corrected chi connectivity index (χ3v) is 4.32. The van der Waals surface area contributed by atoms with Crippen molar-refractivity contribution in [2.24, 2.45) is 0 Å². The molecule has 0 saturated heterocycles. The number of nitro benzene ring substituents is 1. The van der Waals surface area contributed by atoms with Gasteiger partial charge in [-0.05, 0) is 24.6 Å². The highest BCUT2D eigenvalue weighted by Crippen LogP contribution is 2.35. The van der Waals surface area contributed by atoms with Gasteiger partial charge in [-0.1, -0.05) is 12.1 Å². The minimum Gasteiger partial charge on any atom is -0.493 e. The first-order valence-electron chi connectivity index (χ1n) is 9.60. The molecule has 0 saturated carbocycles. The highest BCUT2D eigenvalue weighted by Gasteiger charge is 2.26. The van der Waals surface area contributed by atoms with Crippen LogP contribution in [0.5, 0.6) is 17.2 Å². The number of hydrogen-bond donors (Lipinski definition) is 0. The zero-order valence-corrected chi connectivity index (χ0v) is 18.1. The van der Waals surface area contributed by atoms with Crippen molar-refractivity contribution in [1.82, 2.24) is 4.90 Å². The number of nitro groups is 1. The van der Waals surface area contributed by atoms with Crippen molar-refractivity contribution < 1.29 is 42.2 Å². The van der Waals surface area contributed by atoms with Crippen LogP contribution in [-0.2, 0) is 16.1 Å². The Morgan fingerprint density at radius 1 is 1.15 bits per heavy atom. The Hall–Kier alpha value is -3.96. The molecular weight excluding hydrogens is 446 g/mol. The van der Waals surface area contributed by atoms with Gasteiger partial charge in [-0.15, -0.1) is 0 Å². The van der Waals surface area contributed by atoms with Crippen LogP contribution in [0, 0.1) is 10.1 Å². The van der Waals surface area contributed by atoms with E-state index in [1.165, 1.54) is 43.3 Å². The van der Waals surface area contributed by atoms with Gasteiger partial charge in [0.2, 0.25) is 0 Å². The van der Waals surface area contributed by atoms with E-state index in [0.717, 1.165) is 12.1 Å². The second kappa shape index (κ2) is 11.6. The first kappa shape index (κ1) is 25.3. The Morgan fingerprint density at radius 3 is 2.36 bits per heavy atom. The molecule has 178 valence electrons. The summed E-state index contributed by atoms with van der Waals surface area (Å²) in [6.45, 7) is -1.61. The number of amides is 1. The Bertz CT molecular complexity index is 999. The molecular formula is C21H22F2N2O8. The molecule has 0 N–H and O–H groups in total. The number of rotatable bonds is 11. The van der Waals surface area contributed by atoms with Crippen molar-refractivity contribution >= 4 is 17.6 Å². The Morgan fingerprint density at radius 2 is 1.82 bits per heavy atom. The molecule has 1 amide bonds. The van der Waals surface area contributed by atoms with Crippen molar-refractivity contribution in [3.63, 3.8) is 0 Å². The van der Waals surface area contributed by atoms with Crippen molar-refractivity contribution in [3.8, 4) is 17.2 Å². The summed E-state index contributed by atoms with van der Waals surface area (Å²) in [5, 5.41) is 11.4. The highest BCUT2D eigenvalue weighted by molar-refractivity contribution is 5.96. The van der Waals surface area contributed by atoms with Crippen LogP contribution in [0.1, 0.15) is 22.8 Å². The number of esters is 1. The molecule has 0 spiro atoms. The first-order valence-corrected chi connectivity index (χ1v) is 9.60. The summed E-state index contributed by atoms with van der Waals surface area (Å²) in [4.78, 5) is 36.6. The van der Waals surface area contributed by atoms with E-state index in [1.54, 1.807) is 6.92 Å². The summed E-state index contributed by atoms with van der Waals surface area (Å²) < 4.78 is 44.0. The number of carbonyl (C=O) groups is 2. The van der Waals surface area contributed by atoms with Crippen LogP contribution >= 0.6 is 0 Å². The molecule has 10 nitrogen and oxygen atoms in total. The lowest BCUT2D eigenvalue weighted by Gasteiger charge is -2.17. The molecule has 12 heteroatoms. The molecule has 0 aliphatic carbocycles. The Balaban J connectivity index is 2.04. The molecule has 0 radical (unpaired) electrons. The van der Waals surface area contributed by atoms with E-state index in [1.807, 2.05) is 0 Å². The second-order valence-electron chi connectivity index (χ2n) is 6.56. The fraction of sp³-hybridized carbons (Fsp3) is 0.333.